The van der Waals surface area contributed by atoms with Gasteiger partial charge in [-0.3, -0.25) is 4.99 Å². The van der Waals surface area contributed by atoms with E-state index in [0.29, 0.717) is 0 Å². The van der Waals surface area contributed by atoms with Gasteiger partial charge in [0.15, 0.2) is 17.5 Å². The van der Waals surface area contributed by atoms with Crippen LogP contribution in [0.25, 0.3) is 0 Å². The van der Waals surface area contributed by atoms with Crippen LogP contribution in [0.15, 0.2) is 23.2 Å². The van der Waals surface area contributed by atoms with Gasteiger partial charge in [-0.25, -0.2) is 0 Å². The molecule has 3 unspecified atom stereocenters. The largest absolute Gasteiger partial charge is 0.493 e. The van der Waals surface area contributed by atoms with Gasteiger partial charge in [0.05, 0.1) is 20.3 Å². The van der Waals surface area contributed by atoms with E-state index in [1.807, 2.05) is 13.1 Å². The molecule has 0 radical (unpaired) electrons. The molecule has 6 nitrogen and oxygen atoms in total. The highest BCUT2D eigenvalue weighted by atomic mass is 127. The van der Waals surface area contributed by atoms with E-state index in [9.17, 15) is 0 Å². The second-order valence-corrected chi connectivity index (χ2v) is 8.23. The summed E-state index contributed by atoms with van der Waals surface area (Å²) in [5.41, 5.74) is 1.20. The standard InChI is InChI=1S/C22H36N4O2.HI/c1-23-22(26-14-17-8-6-7-9-18(17)15-26)24-13-19(25(2)3)16-10-11-20(27-4)21(12-16)28-5;/h10-12,17-19H,6-9,13-15H2,1-5H3,(H,23,24);1H. The van der Waals surface area contributed by atoms with Crippen LogP contribution in [0.2, 0.25) is 0 Å². The highest BCUT2D eigenvalue weighted by Gasteiger charge is 2.35. The zero-order valence-electron chi connectivity index (χ0n) is 18.5. The second-order valence-electron chi connectivity index (χ2n) is 8.23. The number of aliphatic imine (C=N–C) groups is 1. The van der Waals surface area contributed by atoms with E-state index in [1.165, 1.54) is 31.2 Å². The lowest BCUT2D eigenvalue weighted by Gasteiger charge is -2.29. The van der Waals surface area contributed by atoms with Gasteiger partial charge in [0, 0.05) is 26.7 Å². The number of hydrogen-bond acceptors (Lipinski definition) is 4. The maximum Gasteiger partial charge on any atom is 0.193 e. The molecular weight excluding hydrogens is 479 g/mol. The smallest absolute Gasteiger partial charge is 0.193 e. The fourth-order valence-corrected chi connectivity index (χ4v) is 4.76. The topological polar surface area (TPSA) is 49.3 Å². The minimum Gasteiger partial charge on any atom is -0.493 e. The number of methoxy groups -OCH3 is 2. The van der Waals surface area contributed by atoms with Gasteiger partial charge >= 0.3 is 0 Å². The predicted octanol–water partition coefficient (Wildman–Crippen LogP) is 3.62. The molecule has 3 rings (SSSR count). The van der Waals surface area contributed by atoms with Gasteiger partial charge in [-0.05, 0) is 56.5 Å². The lowest BCUT2D eigenvalue weighted by Crippen LogP contribution is -2.43. The van der Waals surface area contributed by atoms with Gasteiger partial charge in [0.1, 0.15) is 0 Å². The Hall–Kier alpha value is -1.22. The molecule has 2 fully saturated rings. The van der Waals surface area contributed by atoms with Crippen LogP contribution in [-0.2, 0) is 0 Å². The Morgan fingerprint density at radius 3 is 2.28 bits per heavy atom. The van der Waals surface area contributed by atoms with Gasteiger partial charge in [-0.1, -0.05) is 18.9 Å². The van der Waals surface area contributed by atoms with Crippen molar-refractivity contribution >= 4 is 29.9 Å². The Bertz CT molecular complexity index is 669. The number of likely N-dealkylation sites (N-methyl/N-ethyl adjacent to an activating group) is 1. The fourth-order valence-electron chi connectivity index (χ4n) is 4.76. The lowest BCUT2D eigenvalue weighted by molar-refractivity contribution is 0.293. The number of halogens is 1. The third kappa shape index (κ3) is 5.69. The molecule has 0 bridgehead atoms. The number of benzene rings is 1. The van der Waals surface area contributed by atoms with Crippen molar-refractivity contribution in [1.29, 1.82) is 0 Å². The second kappa shape index (κ2) is 11.2. The minimum absolute atomic E-state index is 0. The van der Waals surface area contributed by atoms with Crippen molar-refractivity contribution in [3.8, 4) is 11.5 Å². The summed E-state index contributed by atoms with van der Waals surface area (Å²) < 4.78 is 10.9. The lowest BCUT2D eigenvalue weighted by atomic mass is 9.82. The molecule has 1 heterocycles. The van der Waals surface area contributed by atoms with E-state index in [4.69, 9.17) is 9.47 Å². The number of fused-ring (bicyclic) bond motifs is 1. The molecule has 1 aromatic rings. The molecule has 1 saturated heterocycles. The summed E-state index contributed by atoms with van der Waals surface area (Å²) in [5.74, 6) is 4.25. The Morgan fingerprint density at radius 2 is 1.76 bits per heavy atom. The molecule has 1 saturated carbocycles. The number of guanidine groups is 1. The summed E-state index contributed by atoms with van der Waals surface area (Å²) in [7, 11) is 9.46. The summed E-state index contributed by atoms with van der Waals surface area (Å²) in [6.45, 7) is 3.08. The average Bonchev–Trinajstić information content (AvgIpc) is 3.14. The molecule has 164 valence electrons. The van der Waals surface area contributed by atoms with Crippen molar-refractivity contribution < 1.29 is 9.47 Å². The molecule has 7 heteroatoms. The Labute approximate surface area is 193 Å². The predicted molar refractivity (Wildman–Crippen MR) is 130 cm³/mol. The van der Waals surface area contributed by atoms with Crippen molar-refractivity contribution in [2.75, 3.05) is 55.0 Å². The van der Waals surface area contributed by atoms with Gasteiger partial charge in [-0.2, -0.15) is 0 Å². The van der Waals surface area contributed by atoms with E-state index in [2.05, 4.69) is 46.3 Å². The molecule has 1 aromatic carbocycles. The van der Waals surface area contributed by atoms with Crippen molar-refractivity contribution in [3.05, 3.63) is 23.8 Å². The summed E-state index contributed by atoms with van der Waals surface area (Å²) in [4.78, 5) is 9.27. The van der Waals surface area contributed by atoms with Gasteiger partial charge in [0.2, 0.25) is 0 Å². The minimum atomic E-state index is 0. The van der Waals surface area contributed by atoms with Gasteiger partial charge < -0.3 is 24.6 Å². The first-order valence-corrected chi connectivity index (χ1v) is 10.4. The average molecular weight is 516 g/mol. The number of nitrogens with one attached hydrogen (secondary N) is 1. The van der Waals surface area contributed by atoms with Crippen LogP contribution < -0.4 is 14.8 Å². The molecular formula is C22H37IN4O2. The summed E-state index contributed by atoms with van der Waals surface area (Å²) in [5, 5.41) is 3.63. The van der Waals surface area contributed by atoms with Crippen molar-refractivity contribution in [3.63, 3.8) is 0 Å². The zero-order chi connectivity index (χ0) is 20.1. The first kappa shape index (κ1) is 24.1. The van der Waals surface area contributed by atoms with Crippen LogP contribution in [0.1, 0.15) is 37.3 Å². The molecule has 1 aliphatic carbocycles. The van der Waals surface area contributed by atoms with Crippen LogP contribution in [-0.4, -0.2) is 70.8 Å². The van der Waals surface area contributed by atoms with Crippen molar-refractivity contribution in [2.45, 2.75) is 31.7 Å². The highest BCUT2D eigenvalue weighted by Crippen LogP contribution is 2.36. The Morgan fingerprint density at radius 1 is 1.14 bits per heavy atom. The van der Waals surface area contributed by atoms with E-state index in [1.54, 1.807) is 14.2 Å². The molecule has 0 amide bonds. The molecule has 1 N–H and O–H groups in total. The van der Waals surface area contributed by atoms with Crippen LogP contribution in [0, 0.1) is 11.8 Å². The quantitative estimate of drug-likeness (QED) is 0.356. The Kier molecular flexibility index (Phi) is 9.33. The van der Waals surface area contributed by atoms with E-state index in [-0.39, 0.29) is 30.0 Å². The third-order valence-corrected chi connectivity index (χ3v) is 6.36. The van der Waals surface area contributed by atoms with Crippen LogP contribution in [0.4, 0.5) is 0 Å². The molecule has 3 atom stereocenters. The molecule has 29 heavy (non-hydrogen) atoms. The first-order chi connectivity index (χ1) is 13.6. The van der Waals surface area contributed by atoms with E-state index >= 15 is 0 Å². The third-order valence-electron chi connectivity index (χ3n) is 6.36. The normalized spacial score (nSPS) is 22.7. The van der Waals surface area contributed by atoms with Gasteiger partial charge in [0.25, 0.3) is 0 Å². The number of nitrogens with zero attached hydrogens (tertiary/aromatic N) is 3. The Balaban J connectivity index is 0.00000300. The SMILES string of the molecule is CN=C(NCC(c1ccc(OC)c(OC)c1)N(C)C)N1CC2CCCCC2C1.I. The monoisotopic (exact) mass is 516 g/mol. The highest BCUT2D eigenvalue weighted by molar-refractivity contribution is 14.0. The van der Waals surface area contributed by atoms with Crippen LogP contribution >= 0.6 is 24.0 Å². The number of rotatable bonds is 6. The number of ether oxygens (including phenoxy) is 2. The maximum absolute atomic E-state index is 5.49. The van der Waals surface area contributed by atoms with Crippen molar-refractivity contribution in [1.82, 2.24) is 15.1 Å². The van der Waals surface area contributed by atoms with Gasteiger partial charge in [-0.15, -0.1) is 24.0 Å². The van der Waals surface area contributed by atoms with E-state index in [0.717, 1.165) is 48.9 Å². The van der Waals surface area contributed by atoms with Crippen molar-refractivity contribution in [2.24, 2.45) is 16.8 Å². The first-order valence-electron chi connectivity index (χ1n) is 10.4. The summed E-state index contributed by atoms with van der Waals surface area (Å²) in [6.07, 6.45) is 5.54. The molecule has 1 aliphatic heterocycles. The molecule has 0 aromatic heterocycles. The van der Waals surface area contributed by atoms with Crippen LogP contribution in [0.3, 0.4) is 0 Å². The van der Waals surface area contributed by atoms with Crippen LogP contribution in [0.5, 0.6) is 11.5 Å². The fraction of sp³-hybridized carbons (Fsp3) is 0.682. The number of hydrogen-bond donors (Lipinski definition) is 1. The summed E-state index contributed by atoms with van der Waals surface area (Å²) >= 11 is 0. The molecule has 0 spiro atoms. The van der Waals surface area contributed by atoms with E-state index < -0.39 is 0 Å². The maximum atomic E-state index is 5.49. The summed E-state index contributed by atoms with van der Waals surface area (Å²) in [6, 6.07) is 6.37. The molecule has 2 aliphatic rings. The number of likely N-dealkylation sites (tertiary alicyclic amines) is 1. The zero-order valence-corrected chi connectivity index (χ0v) is 20.8.